The van der Waals surface area contributed by atoms with Crippen LogP contribution in [0.5, 0.6) is 0 Å². The Morgan fingerprint density at radius 2 is 2.00 bits per heavy atom. The van der Waals surface area contributed by atoms with Gasteiger partial charge < -0.3 is 20.1 Å². The summed E-state index contributed by atoms with van der Waals surface area (Å²) < 4.78 is 5.19. The van der Waals surface area contributed by atoms with Gasteiger partial charge in [-0.05, 0) is 56.6 Å². The maximum absolute atomic E-state index is 11.9. The zero-order valence-corrected chi connectivity index (χ0v) is 13.3. The van der Waals surface area contributed by atoms with E-state index in [0.29, 0.717) is 12.1 Å². The van der Waals surface area contributed by atoms with Crippen LogP contribution in [0.15, 0.2) is 24.3 Å². The molecule has 0 amide bonds. The molecule has 1 aromatic rings. The van der Waals surface area contributed by atoms with Gasteiger partial charge in [0.15, 0.2) is 0 Å². The van der Waals surface area contributed by atoms with Crippen LogP contribution in [0, 0.1) is 0 Å². The van der Waals surface area contributed by atoms with E-state index in [2.05, 4.69) is 17.1 Å². The number of carbonyl (C=O) groups excluding carboxylic acids is 1. The van der Waals surface area contributed by atoms with Gasteiger partial charge in [-0.2, -0.15) is 0 Å². The molecule has 0 aromatic heterocycles. The molecule has 22 heavy (non-hydrogen) atoms. The van der Waals surface area contributed by atoms with Gasteiger partial charge in [0.2, 0.25) is 0 Å². The van der Waals surface area contributed by atoms with E-state index in [9.17, 15) is 9.90 Å². The number of rotatable bonds is 8. The predicted molar refractivity (Wildman–Crippen MR) is 87.2 cm³/mol. The summed E-state index contributed by atoms with van der Waals surface area (Å²) in [5.74, 6) is -0.387. The van der Waals surface area contributed by atoms with Crippen LogP contribution < -0.4 is 5.32 Å². The minimum Gasteiger partial charge on any atom is -0.459 e. The lowest BCUT2D eigenvalue weighted by molar-refractivity contribution is 0.0178. The topological polar surface area (TPSA) is 61.8 Å². The van der Waals surface area contributed by atoms with Crippen LogP contribution in [0.4, 0.5) is 5.69 Å². The van der Waals surface area contributed by atoms with Crippen LogP contribution in [0.2, 0.25) is 0 Å². The van der Waals surface area contributed by atoms with Gasteiger partial charge in [0.1, 0.15) is 12.7 Å². The van der Waals surface area contributed by atoms with Crippen molar-refractivity contribution in [1.82, 2.24) is 4.90 Å². The summed E-state index contributed by atoms with van der Waals surface area (Å²) in [5, 5.41) is 13.2. The number of hydrogen-bond acceptors (Lipinski definition) is 5. The Kier molecular flexibility index (Phi) is 6.68. The van der Waals surface area contributed by atoms with Crippen LogP contribution in [0.3, 0.4) is 0 Å². The predicted octanol–water partition coefficient (Wildman–Crippen LogP) is 2.12. The van der Waals surface area contributed by atoms with Crippen molar-refractivity contribution >= 4 is 11.7 Å². The summed E-state index contributed by atoms with van der Waals surface area (Å²) in [6.45, 7) is 5.69. The van der Waals surface area contributed by atoms with Gasteiger partial charge in [-0.15, -0.1) is 0 Å². The van der Waals surface area contributed by atoms with Crippen molar-refractivity contribution in [2.75, 3.05) is 38.1 Å². The Morgan fingerprint density at radius 3 is 2.64 bits per heavy atom. The van der Waals surface area contributed by atoms with Crippen molar-refractivity contribution in [3.8, 4) is 0 Å². The van der Waals surface area contributed by atoms with Crippen molar-refractivity contribution in [2.45, 2.75) is 32.3 Å². The van der Waals surface area contributed by atoms with E-state index in [-0.39, 0.29) is 12.6 Å². The van der Waals surface area contributed by atoms with E-state index in [4.69, 9.17) is 4.74 Å². The Bertz CT molecular complexity index is 455. The first-order chi connectivity index (χ1) is 10.7. The van der Waals surface area contributed by atoms with Crippen molar-refractivity contribution in [3.05, 3.63) is 29.8 Å². The molecule has 0 aliphatic carbocycles. The molecule has 0 radical (unpaired) electrons. The Balaban J connectivity index is 1.73. The first-order valence-corrected chi connectivity index (χ1v) is 8.10. The molecule has 5 nitrogen and oxygen atoms in total. The summed E-state index contributed by atoms with van der Waals surface area (Å²) in [6.07, 6.45) is 2.81. The van der Waals surface area contributed by atoms with Crippen LogP contribution in [0.1, 0.15) is 36.5 Å². The zero-order valence-electron chi connectivity index (χ0n) is 13.3. The first-order valence-electron chi connectivity index (χ1n) is 8.10. The molecule has 0 bridgehead atoms. The third-order valence-corrected chi connectivity index (χ3v) is 3.77. The molecule has 0 saturated carbocycles. The summed E-state index contributed by atoms with van der Waals surface area (Å²) in [5.41, 5.74) is 1.50. The maximum Gasteiger partial charge on any atom is 0.338 e. The average molecular weight is 306 g/mol. The van der Waals surface area contributed by atoms with Crippen molar-refractivity contribution < 1.29 is 14.6 Å². The molecule has 1 aliphatic rings. The number of β-amino-alcohol motifs (C(OH)–C–C–N with tert-alkyl or cyclic N) is 1. The van der Waals surface area contributed by atoms with Crippen LogP contribution in [-0.2, 0) is 4.74 Å². The highest BCUT2D eigenvalue weighted by molar-refractivity contribution is 5.89. The van der Waals surface area contributed by atoms with E-state index in [0.717, 1.165) is 31.7 Å². The molecular formula is C17H26N2O3. The van der Waals surface area contributed by atoms with Gasteiger partial charge in [0.05, 0.1) is 5.56 Å². The summed E-state index contributed by atoms with van der Waals surface area (Å²) in [4.78, 5) is 14.1. The number of hydrogen-bond donors (Lipinski definition) is 2. The Morgan fingerprint density at radius 1 is 1.32 bits per heavy atom. The minimum atomic E-state index is -0.618. The molecule has 2 N–H and O–H groups in total. The van der Waals surface area contributed by atoms with E-state index >= 15 is 0 Å². The molecule has 1 aromatic carbocycles. The van der Waals surface area contributed by atoms with Gasteiger partial charge in [-0.1, -0.05) is 6.92 Å². The van der Waals surface area contributed by atoms with Gasteiger partial charge in [-0.3, -0.25) is 0 Å². The highest BCUT2D eigenvalue weighted by Crippen LogP contribution is 2.11. The molecule has 1 saturated heterocycles. The second-order valence-electron chi connectivity index (χ2n) is 5.76. The monoisotopic (exact) mass is 306 g/mol. The van der Waals surface area contributed by atoms with Crippen molar-refractivity contribution in [2.24, 2.45) is 0 Å². The smallest absolute Gasteiger partial charge is 0.338 e. The first kappa shape index (κ1) is 16.8. The highest BCUT2D eigenvalue weighted by atomic mass is 16.5. The van der Waals surface area contributed by atoms with E-state index in [1.165, 1.54) is 12.8 Å². The Hall–Kier alpha value is -1.59. The largest absolute Gasteiger partial charge is 0.459 e. The second kappa shape index (κ2) is 8.76. The molecule has 0 spiro atoms. The fourth-order valence-electron chi connectivity index (χ4n) is 2.56. The summed E-state index contributed by atoms with van der Waals surface area (Å²) in [6, 6.07) is 7.22. The van der Waals surface area contributed by atoms with E-state index in [1.807, 2.05) is 12.1 Å². The molecule has 122 valence electrons. The number of nitrogens with zero attached hydrogens (tertiary/aromatic N) is 1. The number of esters is 1. The second-order valence-corrected chi connectivity index (χ2v) is 5.76. The Labute approximate surface area is 132 Å². The number of nitrogens with one attached hydrogen (secondary N) is 1. The molecule has 5 heteroatoms. The number of aliphatic hydroxyl groups is 1. The van der Waals surface area contributed by atoms with Crippen LogP contribution >= 0.6 is 0 Å². The summed E-state index contributed by atoms with van der Waals surface area (Å²) in [7, 11) is 0. The number of likely N-dealkylation sites (tertiary alicyclic amines) is 1. The van der Waals surface area contributed by atoms with E-state index < -0.39 is 6.10 Å². The molecule has 1 heterocycles. The minimum absolute atomic E-state index is 0.0468. The van der Waals surface area contributed by atoms with E-state index in [1.54, 1.807) is 12.1 Å². The van der Waals surface area contributed by atoms with Crippen LogP contribution in [-0.4, -0.2) is 54.9 Å². The van der Waals surface area contributed by atoms with Crippen molar-refractivity contribution in [1.29, 1.82) is 0 Å². The normalized spacial score (nSPS) is 16.5. The third-order valence-electron chi connectivity index (χ3n) is 3.77. The fraction of sp³-hybridized carbons (Fsp3) is 0.588. The molecule has 1 unspecified atom stereocenters. The molecule has 1 fully saturated rings. The lowest BCUT2D eigenvalue weighted by Crippen LogP contribution is -2.33. The van der Waals surface area contributed by atoms with Gasteiger partial charge in [-0.25, -0.2) is 4.79 Å². The number of benzene rings is 1. The number of aliphatic hydroxyl groups excluding tert-OH is 1. The maximum atomic E-state index is 11.9. The highest BCUT2D eigenvalue weighted by Gasteiger charge is 2.17. The van der Waals surface area contributed by atoms with Gasteiger partial charge >= 0.3 is 5.97 Å². The standard InChI is InChI=1S/C17H26N2O3/c1-2-9-18-15-7-5-14(6-8-15)17(21)22-13-16(20)12-19-10-3-4-11-19/h5-8,16,18,20H,2-4,9-13H2,1H3. The lowest BCUT2D eigenvalue weighted by Gasteiger charge is -2.19. The van der Waals surface area contributed by atoms with Crippen LogP contribution in [0.25, 0.3) is 0 Å². The molecular weight excluding hydrogens is 280 g/mol. The van der Waals surface area contributed by atoms with Crippen molar-refractivity contribution in [3.63, 3.8) is 0 Å². The van der Waals surface area contributed by atoms with Gasteiger partial charge in [0.25, 0.3) is 0 Å². The zero-order chi connectivity index (χ0) is 15.8. The number of anilines is 1. The summed E-state index contributed by atoms with van der Waals surface area (Å²) >= 11 is 0. The molecule has 1 aliphatic heterocycles. The third kappa shape index (κ3) is 5.31. The average Bonchev–Trinajstić information content (AvgIpc) is 3.04. The molecule has 1 atom stereocenters. The van der Waals surface area contributed by atoms with Gasteiger partial charge in [0, 0.05) is 18.8 Å². The molecule has 2 rings (SSSR count). The lowest BCUT2D eigenvalue weighted by atomic mass is 10.2. The fourth-order valence-corrected chi connectivity index (χ4v) is 2.56. The quantitative estimate of drug-likeness (QED) is 0.720. The number of carbonyl (C=O) groups is 1. The number of ether oxygens (including phenoxy) is 1. The SMILES string of the molecule is CCCNc1ccc(C(=O)OCC(O)CN2CCCC2)cc1.